The number of nitrogens with one attached hydrogen (secondary N) is 1. The van der Waals surface area contributed by atoms with E-state index in [1.165, 1.54) is 0 Å². The molecule has 0 aromatic carbocycles. The summed E-state index contributed by atoms with van der Waals surface area (Å²) in [5.41, 5.74) is 5.25. The van der Waals surface area contributed by atoms with E-state index in [-0.39, 0.29) is 13.2 Å². The fraction of sp³-hybridized carbons (Fsp3) is 0.900. The van der Waals surface area contributed by atoms with Gasteiger partial charge in [0.1, 0.15) is 6.61 Å². The van der Waals surface area contributed by atoms with Gasteiger partial charge in [0.15, 0.2) is 0 Å². The summed E-state index contributed by atoms with van der Waals surface area (Å²) in [6, 6.07) is -0.704. The van der Waals surface area contributed by atoms with E-state index in [0.717, 1.165) is 0 Å². The Labute approximate surface area is 98.7 Å². The molecule has 102 valence electrons. The summed E-state index contributed by atoms with van der Waals surface area (Å²) in [6.07, 6.45) is -4.34. The summed E-state index contributed by atoms with van der Waals surface area (Å²) < 4.78 is 39.4. The third-order valence-corrected chi connectivity index (χ3v) is 2.03. The predicted octanol–water partition coefficient (Wildman–Crippen LogP) is 1.05. The molecule has 1 amide bonds. The van der Waals surface area contributed by atoms with Gasteiger partial charge in [0.2, 0.25) is 5.91 Å². The number of nitrogens with two attached hydrogens (primary N) is 1. The number of halogens is 3. The van der Waals surface area contributed by atoms with E-state index in [1.807, 2.05) is 0 Å². The van der Waals surface area contributed by atoms with Crippen molar-refractivity contribution in [1.82, 2.24) is 5.32 Å². The highest BCUT2D eigenvalue weighted by Crippen LogP contribution is 2.17. The maximum Gasteiger partial charge on any atom is 0.411 e. The van der Waals surface area contributed by atoms with E-state index < -0.39 is 30.1 Å². The van der Waals surface area contributed by atoms with E-state index in [1.54, 1.807) is 20.8 Å². The summed E-state index contributed by atoms with van der Waals surface area (Å²) in [5.74, 6) is -0.395. The molecule has 0 aromatic heterocycles. The van der Waals surface area contributed by atoms with Crippen LogP contribution in [-0.2, 0) is 9.53 Å². The molecule has 0 aliphatic carbocycles. The maximum atomic E-state index is 11.7. The molecule has 0 spiro atoms. The van der Waals surface area contributed by atoms with Crippen LogP contribution in [0, 0.1) is 5.41 Å². The molecule has 0 fully saturated rings. The number of rotatable bonds is 5. The molecular weight excluding hydrogens is 237 g/mol. The lowest BCUT2D eigenvalue weighted by Gasteiger charge is -2.25. The van der Waals surface area contributed by atoms with E-state index in [2.05, 4.69) is 10.1 Å². The summed E-state index contributed by atoms with van der Waals surface area (Å²) >= 11 is 0. The lowest BCUT2D eigenvalue weighted by atomic mass is 9.87. The SMILES string of the molecule is CC(C)(C)[C@H](N)C(=O)NCCOCC(F)(F)F. The molecule has 0 saturated carbocycles. The van der Waals surface area contributed by atoms with Crippen LogP contribution in [0.1, 0.15) is 20.8 Å². The van der Waals surface area contributed by atoms with Crippen molar-refractivity contribution in [3.05, 3.63) is 0 Å². The molecule has 0 aliphatic rings. The van der Waals surface area contributed by atoms with Crippen LogP contribution in [0.2, 0.25) is 0 Å². The third kappa shape index (κ3) is 7.98. The number of ether oxygens (including phenoxy) is 1. The first kappa shape index (κ1) is 16.2. The average molecular weight is 256 g/mol. The molecular formula is C10H19F3N2O2. The first-order valence-electron chi connectivity index (χ1n) is 5.22. The molecule has 0 heterocycles. The van der Waals surface area contributed by atoms with Gasteiger partial charge in [0.05, 0.1) is 12.6 Å². The number of carbonyl (C=O) groups is 1. The Morgan fingerprint density at radius 3 is 2.29 bits per heavy atom. The van der Waals surface area contributed by atoms with Crippen molar-refractivity contribution in [1.29, 1.82) is 0 Å². The van der Waals surface area contributed by atoms with E-state index in [9.17, 15) is 18.0 Å². The topological polar surface area (TPSA) is 64.4 Å². The van der Waals surface area contributed by atoms with Crippen molar-refractivity contribution < 1.29 is 22.7 Å². The van der Waals surface area contributed by atoms with Crippen LogP contribution in [0.25, 0.3) is 0 Å². The number of hydrogen-bond acceptors (Lipinski definition) is 3. The summed E-state index contributed by atoms with van der Waals surface area (Å²) in [4.78, 5) is 11.4. The van der Waals surface area contributed by atoms with Gasteiger partial charge >= 0.3 is 6.18 Å². The van der Waals surface area contributed by atoms with E-state index in [0.29, 0.717) is 0 Å². The quantitative estimate of drug-likeness (QED) is 0.723. The van der Waals surface area contributed by atoms with Crippen LogP contribution in [0.5, 0.6) is 0 Å². The molecule has 0 rings (SSSR count). The van der Waals surface area contributed by atoms with Gasteiger partial charge in [-0.25, -0.2) is 0 Å². The Morgan fingerprint density at radius 1 is 1.35 bits per heavy atom. The van der Waals surface area contributed by atoms with Crippen LogP contribution < -0.4 is 11.1 Å². The van der Waals surface area contributed by atoms with Gasteiger partial charge in [-0.3, -0.25) is 4.79 Å². The predicted molar refractivity (Wildman–Crippen MR) is 57.3 cm³/mol. The number of alkyl halides is 3. The third-order valence-electron chi connectivity index (χ3n) is 2.03. The average Bonchev–Trinajstić information content (AvgIpc) is 2.12. The Balaban J connectivity index is 3.73. The van der Waals surface area contributed by atoms with Crippen molar-refractivity contribution in [3.8, 4) is 0 Å². The molecule has 3 N–H and O–H groups in total. The summed E-state index contributed by atoms with van der Waals surface area (Å²) in [6.45, 7) is 3.92. The van der Waals surface area contributed by atoms with Crippen LogP contribution >= 0.6 is 0 Å². The number of hydrogen-bond donors (Lipinski definition) is 2. The molecule has 0 aromatic rings. The van der Waals surface area contributed by atoms with Crippen molar-refractivity contribution in [2.45, 2.75) is 33.0 Å². The second kappa shape index (κ2) is 6.20. The zero-order valence-electron chi connectivity index (χ0n) is 10.2. The second-order valence-corrected chi connectivity index (χ2v) is 4.80. The van der Waals surface area contributed by atoms with Gasteiger partial charge in [0.25, 0.3) is 0 Å². The van der Waals surface area contributed by atoms with Crippen molar-refractivity contribution >= 4 is 5.91 Å². The first-order chi connectivity index (χ1) is 7.54. The minimum absolute atomic E-state index is 0.0126. The van der Waals surface area contributed by atoms with Crippen molar-refractivity contribution in [3.63, 3.8) is 0 Å². The van der Waals surface area contributed by atoms with Gasteiger partial charge in [-0.2, -0.15) is 13.2 Å². The minimum atomic E-state index is -4.34. The van der Waals surface area contributed by atoms with Gasteiger partial charge in [0, 0.05) is 6.54 Å². The molecule has 4 nitrogen and oxygen atoms in total. The van der Waals surface area contributed by atoms with Crippen LogP contribution in [0.4, 0.5) is 13.2 Å². The largest absolute Gasteiger partial charge is 0.411 e. The van der Waals surface area contributed by atoms with Crippen molar-refractivity contribution in [2.75, 3.05) is 19.8 Å². The Bertz CT molecular complexity index is 249. The fourth-order valence-corrected chi connectivity index (χ4v) is 0.938. The standard InChI is InChI=1S/C10H19F3N2O2/c1-9(2,3)7(14)8(16)15-4-5-17-6-10(11,12)13/h7H,4-6,14H2,1-3H3,(H,15,16)/t7-/m1/s1. The first-order valence-corrected chi connectivity index (χ1v) is 5.22. The molecule has 0 aliphatic heterocycles. The Kier molecular flexibility index (Phi) is 5.91. The van der Waals surface area contributed by atoms with E-state index in [4.69, 9.17) is 5.73 Å². The van der Waals surface area contributed by atoms with E-state index >= 15 is 0 Å². The zero-order chi connectivity index (χ0) is 13.7. The lowest BCUT2D eigenvalue weighted by Crippen LogP contribution is -2.49. The maximum absolute atomic E-state index is 11.7. The molecule has 7 heteroatoms. The summed E-state index contributed by atoms with van der Waals surface area (Å²) in [5, 5.41) is 2.42. The highest BCUT2D eigenvalue weighted by atomic mass is 19.4. The van der Waals surface area contributed by atoms with Crippen molar-refractivity contribution in [2.24, 2.45) is 11.1 Å². The highest BCUT2D eigenvalue weighted by Gasteiger charge is 2.28. The van der Waals surface area contributed by atoms with Gasteiger partial charge in [-0.05, 0) is 5.41 Å². The molecule has 0 saturated heterocycles. The van der Waals surface area contributed by atoms with Gasteiger partial charge < -0.3 is 15.8 Å². The zero-order valence-corrected chi connectivity index (χ0v) is 10.2. The molecule has 0 unspecified atom stereocenters. The fourth-order valence-electron chi connectivity index (χ4n) is 0.938. The minimum Gasteiger partial charge on any atom is -0.370 e. The van der Waals surface area contributed by atoms with Gasteiger partial charge in [-0.15, -0.1) is 0 Å². The highest BCUT2D eigenvalue weighted by molar-refractivity contribution is 5.82. The normalized spacial score (nSPS) is 14.5. The van der Waals surface area contributed by atoms with Crippen LogP contribution in [-0.4, -0.2) is 37.9 Å². The second-order valence-electron chi connectivity index (χ2n) is 4.80. The molecule has 17 heavy (non-hydrogen) atoms. The molecule has 1 atom stereocenters. The summed E-state index contributed by atoms with van der Waals surface area (Å²) in [7, 11) is 0. The number of carbonyl (C=O) groups excluding carboxylic acids is 1. The molecule has 0 bridgehead atoms. The smallest absolute Gasteiger partial charge is 0.370 e. The Morgan fingerprint density at radius 2 is 1.88 bits per heavy atom. The number of amides is 1. The molecule has 0 radical (unpaired) electrons. The van der Waals surface area contributed by atoms with Crippen LogP contribution in [0.15, 0.2) is 0 Å². The monoisotopic (exact) mass is 256 g/mol. The lowest BCUT2D eigenvalue weighted by molar-refractivity contribution is -0.173. The Hall–Kier alpha value is -0.820. The van der Waals surface area contributed by atoms with Gasteiger partial charge in [-0.1, -0.05) is 20.8 Å². The van der Waals surface area contributed by atoms with Crippen LogP contribution in [0.3, 0.4) is 0 Å².